The van der Waals surface area contributed by atoms with E-state index in [2.05, 4.69) is 5.32 Å². The predicted molar refractivity (Wildman–Crippen MR) is 81.6 cm³/mol. The lowest BCUT2D eigenvalue weighted by molar-refractivity contribution is -0.299. The molecule has 2 heterocycles. The molecule has 13 heteroatoms. The summed E-state index contributed by atoms with van der Waals surface area (Å²) in [7, 11) is 0. The van der Waals surface area contributed by atoms with E-state index in [-0.39, 0.29) is 0 Å². The molecule has 10 atom stereocenters. The molecule has 0 aromatic carbocycles. The normalized spacial score (nSPS) is 45.5. The zero-order chi connectivity index (χ0) is 20.3. The van der Waals surface area contributed by atoms with Crippen molar-refractivity contribution in [1.82, 2.24) is 5.32 Å². The van der Waals surface area contributed by atoms with Crippen molar-refractivity contribution in [2.45, 2.75) is 61.3 Å². The van der Waals surface area contributed by atoms with Crippen molar-refractivity contribution in [3.05, 3.63) is 0 Å². The first-order valence-electron chi connectivity index (χ1n) is 8.23. The van der Waals surface area contributed by atoms with Crippen LogP contribution in [-0.2, 0) is 19.0 Å². The third kappa shape index (κ3) is 4.90. The first kappa shape index (κ1) is 22.3. The average Bonchev–Trinajstić information content (AvgIpc) is 2.65. The second-order valence-corrected chi connectivity index (χ2v) is 6.33. The van der Waals surface area contributed by atoms with Gasteiger partial charge in [-0.1, -0.05) is 0 Å². The average molecular weight is 399 g/mol. The number of aliphatic hydroxyl groups excluding tert-OH is 8. The maximum absolute atomic E-state index is 12.0. The lowest BCUT2D eigenvalue weighted by atomic mass is 9.97. The highest BCUT2D eigenvalue weighted by molar-refractivity contribution is 5.77. The quantitative estimate of drug-likeness (QED) is 0.204. The molecule has 2 rings (SSSR count). The molecule has 1 unspecified atom stereocenters. The lowest BCUT2D eigenvalue weighted by Gasteiger charge is -2.41. The van der Waals surface area contributed by atoms with Gasteiger partial charge in [0, 0.05) is 0 Å². The number of ether oxygens (including phenoxy) is 3. The number of carbonyl (C=O) groups excluding carboxylic acids is 1. The molecule has 2 fully saturated rings. The van der Waals surface area contributed by atoms with Gasteiger partial charge in [-0.2, -0.15) is 0 Å². The smallest absolute Gasteiger partial charge is 0.246 e. The Morgan fingerprint density at radius 3 is 1.96 bits per heavy atom. The number of aliphatic hydroxyl groups is 8. The molecule has 158 valence electrons. The predicted octanol–water partition coefficient (Wildman–Crippen LogP) is -6.28. The molecule has 2 saturated heterocycles. The van der Waals surface area contributed by atoms with Crippen LogP contribution in [0.15, 0.2) is 0 Å². The van der Waals surface area contributed by atoms with Crippen LogP contribution in [-0.4, -0.2) is 128 Å². The highest BCUT2D eigenvalue weighted by Crippen LogP contribution is 2.22. The molecule has 9 N–H and O–H groups in total. The molecular weight excluding hydrogens is 374 g/mol. The second-order valence-electron chi connectivity index (χ2n) is 6.33. The van der Waals surface area contributed by atoms with Gasteiger partial charge in [0.2, 0.25) is 5.91 Å². The van der Waals surface area contributed by atoms with E-state index < -0.39 is 87.1 Å². The van der Waals surface area contributed by atoms with Gasteiger partial charge in [-0.05, 0) is 0 Å². The molecule has 1 amide bonds. The third-order valence-corrected chi connectivity index (χ3v) is 4.45. The van der Waals surface area contributed by atoms with E-state index in [1.807, 2.05) is 0 Å². The fraction of sp³-hybridized carbons (Fsp3) is 0.929. The molecule has 0 saturated carbocycles. The van der Waals surface area contributed by atoms with Crippen molar-refractivity contribution in [2.24, 2.45) is 0 Å². The van der Waals surface area contributed by atoms with Crippen molar-refractivity contribution in [3.63, 3.8) is 0 Å². The van der Waals surface area contributed by atoms with Gasteiger partial charge in [0.25, 0.3) is 0 Å². The Kier molecular flexibility index (Phi) is 7.84. The fourth-order valence-electron chi connectivity index (χ4n) is 2.84. The summed E-state index contributed by atoms with van der Waals surface area (Å²) in [4.78, 5) is 12.0. The van der Waals surface area contributed by atoms with Gasteiger partial charge in [-0.25, -0.2) is 0 Å². The number of carbonyl (C=O) groups is 1. The van der Waals surface area contributed by atoms with E-state index in [0.29, 0.717) is 0 Å². The monoisotopic (exact) mass is 399 g/mol. The molecule has 0 aliphatic carbocycles. The van der Waals surface area contributed by atoms with Crippen molar-refractivity contribution in [3.8, 4) is 0 Å². The fourth-order valence-corrected chi connectivity index (χ4v) is 2.84. The van der Waals surface area contributed by atoms with Gasteiger partial charge in [0.1, 0.15) is 55.4 Å². The first-order chi connectivity index (χ1) is 12.7. The van der Waals surface area contributed by atoms with Crippen LogP contribution in [0.1, 0.15) is 0 Å². The summed E-state index contributed by atoms with van der Waals surface area (Å²) in [5.41, 5.74) is 0. The number of amides is 1. The third-order valence-electron chi connectivity index (χ3n) is 4.45. The summed E-state index contributed by atoms with van der Waals surface area (Å²) in [5, 5.41) is 78.8. The summed E-state index contributed by atoms with van der Waals surface area (Å²) in [6, 6.07) is -1.42. The lowest BCUT2D eigenvalue weighted by Crippen LogP contribution is -2.64. The zero-order valence-corrected chi connectivity index (χ0v) is 14.1. The van der Waals surface area contributed by atoms with Crippen LogP contribution >= 0.6 is 0 Å². The maximum Gasteiger partial charge on any atom is 0.246 e. The number of hydrogen-bond acceptors (Lipinski definition) is 12. The maximum atomic E-state index is 12.0. The minimum absolute atomic E-state index is 0.657. The van der Waals surface area contributed by atoms with E-state index >= 15 is 0 Å². The summed E-state index contributed by atoms with van der Waals surface area (Å²) >= 11 is 0. The van der Waals surface area contributed by atoms with E-state index in [4.69, 9.17) is 24.4 Å². The van der Waals surface area contributed by atoms with Gasteiger partial charge >= 0.3 is 0 Å². The van der Waals surface area contributed by atoms with Crippen molar-refractivity contribution in [2.75, 3.05) is 19.8 Å². The Hall–Kier alpha value is -0.970. The van der Waals surface area contributed by atoms with Gasteiger partial charge in [-0.15, -0.1) is 0 Å². The highest BCUT2D eigenvalue weighted by atomic mass is 16.7. The molecule has 2 aliphatic heterocycles. The molecular formula is C14H25NO12. The van der Waals surface area contributed by atoms with Crippen molar-refractivity contribution >= 4 is 5.91 Å². The molecule has 0 aromatic heterocycles. The molecule has 0 spiro atoms. The molecule has 13 nitrogen and oxygen atoms in total. The van der Waals surface area contributed by atoms with Crippen LogP contribution in [0.25, 0.3) is 0 Å². The summed E-state index contributed by atoms with van der Waals surface area (Å²) in [6.07, 6.45) is -13.8. The highest BCUT2D eigenvalue weighted by Gasteiger charge is 2.46. The van der Waals surface area contributed by atoms with Crippen LogP contribution in [0, 0.1) is 0 Å². The Morgan fingerprint density at radius 2 is 1.37 bits per heavy atom. The zero-order valence-electron chi connectivity index (χ0n) is 14.1. The van der Waals surface area contributed by atoms with Crippen LogP contribution in [0.3, 0.4) is 0 Å². The van der Waals surface area contributed by atoms with E-state index in [1.54, 1.807) is 0 Å². The van der Waals surface area contributed by atoms with Gasteiger partial charge in [-0.3, -0.25) is 4.79 Å². The topological polar surface area (TPSA) is 219 Å². The summed E-state index contributed by atoms with van der Waals surface area (Å²) in [6.45, 7) is -2.08. The molecule has 0 aromatic rings. The number of hydrogen-bond donors (Lipinski definition) is 9. The molecule has 0 bridgehead atoms. The minimum atomic E-state index is -1.71. The largest absolute Gasteiger partial charge is 0.394 e. The van der Waals surface area contributed by atoms with E-state index in [9.17, 15) is 35.4 Å². The summed E-state index contributed by atoms with van der Waals surface area (Å²) in [5.74, 6) is -0.895. The van der Waals surface area contributed by atoms with Gasteiger partial charge in [0.15, 0.2) is 12.6 Å². The first-order valence-corrected chi connectivity index (χ1v) is 8.23. The van der Waals surface area contributed by atoms with Crippen LogP contribution in [0.5, 0.6) is 0 Å². The van der Waals surface area contributed by atoms with Crippen molar-refractivity contribution in [1.29, 1.82) is 0 Å². The molecule has 2 aliphatic rings. The van der Waals surface area contributed by atoms with E-state index in [1.165, 1.54) is 0 Å². The van der Waals surface area contributed by atoms with Crippen molar-refractivity contribution < 1.29 is 59.9 Å². The van der Waals surface area contributed by atoms with Crippen LogP contribution in [0.4, 0.5) is 0 Å². The second kappa shape index (κ2) is 9.49. The van der Waals surface area contributed by atoms with Crippen LogP contribution in [0.2, 0.25) is 0 Å². The standard InChI is InChI=1S/C14H25NO12/c16-1-4-8(19)10(21)7(13(24)26-4)15-6(18)3-25-14-12(23)11(22)9(20)5(2-17)27-14/h4-5,7-14,16-17,19-24H,1-3H2,(H,15,18)/t4-,5-,7+,8-,9+,10-,11+,12-,13?,14+/m1/s1. The van der Waals surface area contributed by atoms with Crippen LogP contribution < -0.4 is 5.32 Å². The van der Waals surface area contributed by atoms with Gasteiger partial charge < -0.3 is 60.4 Å². The Bertz CT molecular complexity index is 493. The SMILES string of the molecule is O=C(CO[C@H]1O[C@H](CO)[C@H](O)[C@H](O)[C@H]1O)N[C@@H]1C(O)O[C@H](CO)[C@@H](O)[C@@H]1O. The number of rotatable bonds is 6. The Balaban J connectivity index is 1.88. The summed E-state index contributed by atoms with van der Waals surface area (Å²) < 4.78 is 15.0. The molecule has 27 heavy (non-hydrogen) atoms. The Morgan fingerprint density at radius 1 is 0.815 bits per heavy atom. The molecule has 0 radical (unpaired) electrons. The number of nitrogens with one attached hydrogen (secondary N) is 1. The van der Waals surface area contributed by atoms with E-state index in [0.717, 1.165) is 0 Å². The Labute approximate surface area is 153 Å². The minimum Gasteiger partial charge on any atom is -0.394 e. The van der Waals surface area contributed by atoms with Gasteiger partial charge in [0.05, 0.1) is 13.2 Å².